The Bertz CT molecular complexity index is 1040. The number of hydrogen-bond donors (Lipinski definition) is 1. The molecule has 0 bridgehead atoms. The van der Waals surface area contributed by atoms with Crippen molar-refractivity contribution in [1.29, 1.82) is 0 Å². The number of benzene rings is 1. The average Bonchev–Trinajstić information content (AvgIpc) is 3.37. The van der Waals surface area contributed by atoms with Gasteiger partial charge in [0.1, 0.15) is 10.8 Å². The minimum atomic E-state index is -0.233. The van der Waals surface area contributed by atoms with Gasteiger partial charge in [-0.05, 0) is 45.7 Å². The summed E-state index contributed by atoms with van der Waals surface area (Å²) in [5.74, 6) is 0.743. The molecule has 1 fully saturated rings. The Morgan fingerprint density at radius 3 is 2.57 bits per heavy atom. The van der Waals surface area contributed by atoms with E-state index in [4.69, 9.17) is 10.1 Å². The van der Waals surface area contributed by atoms with Gasteiger partial charge in [0.05, 0.1) is 27.5 Å². The fourth-order valence-corrected chi connectivity index (χ4v) is 4.94. The molecule has 1 saturated heterocycles. The third kappa shape index (κ3) is 3.95. The predicted molar refractivity (Wildman–Crippen MR) is 123 cm³/mol. The van der Waals surface area contributed by atoms with E-state index >= 15 is 0 Å². The quantitative estimate of drug-likeness (QED) is 0.555. The molecule has 0 unspecified atom stereocenters. The van der Waals surface area contributed by atoms with Crippen molar-refractivity contribution in [2.75, 3.05) is 11.9 Å². The van der Waals surface area contributed by atoms with Crippen molar-refractivity contribution in [1.82, 2.24) is 19.7 Å². The summed E-state index contributed by atoms with van der Waals surface area (Å²) in [5.41, 5.74) is 1.65. The number of hydrogen-bond acceptors (Lipinski definition) is 4. The van der Waals surface area contributed by atoms with E-state index in [9.17, 15) is 4.79 Å². The van der Waals surface area contributed by atoms with Crippen LogP contribution in [0.1, 0.15) is 71.1 Å². The van der Waals surface area contributed by atoms with Gasteiger partial charge in [0.25, 0.3) is 0 Å². The summed E-state index contributed by atoms with van der Waals surface area (Å²) in [7, 11) is 0. The number of carbonyl (C=O) groups excluding carboxylic acids is 1. The summed E-state index contributed by atoms with van der Waals surface area (Å²) >= 11 is 1.69. The fourth-order valence-electron chi connectivity index (χ4n) is 3.83. The number of anilines is 1. The molecule has 30 heavy (non-hydrogen) atoms. The number of thiazole rings is 1. The molecule has 0 aliphatic carbocycles. The Morgan fingerprint density at radius 1 is 1.17 bits per heavy atom. The molecule has 0 radical (unpaired) electrons. The molecule has 2 amide bonds. The first kappa shape index (κ1) is 20.8. The number of para-hydroxylation sites is 1. The van der Waals surface area contributed by atoms with Crippen LogP contribution in [0.4, 0.5) is 10.6 Å². The van der Waals surface area contributed by atoms with Crippen LogP contribution in [-0.4, -0.2) is 32.2 Å². The van der Waals surface area contributed by atoms with Crippen molar-refractivity contribution in [2.45, 2.75) is 71.4 Å². The molecule has 0 saturated carbocycles. The highest BCUT2D eigenvalue weighted by Gasteiger charge is 2.34. The number of aromatic nitrogens is 3. The molecule has 0 spiro atoms. The highest BCUT2D eigenvalue weighted by molar-refractivity contribution is 7.18. The zero-order valence-electron chi connectivity index (χ0n) is 18.7. The van der Waals surface area contributed by atoms with Gasteiger partial charge in [-0.25, -0.2) is 14.5 Å². The van der Waals surface area contributed by atoms with Crippen LogP contribution in [0.2, 0.25) is 0 Å². The minimum absolute atomic E-state index is 0.0236. The highest BCUT2D eigenvalue weighted by Crippen LogP contribution is 2.37. The first-order chi connectivity index (χ1) is 14.0. The molecule has 1 aliphatic heterocycles. The summed E-state index contributed by atoms with van der Waals surface area (Å²) in [6.45, 7) is 13.4. The monoisotopic (exact) mass is 425 g/mol. The first-order valence-corrected chi connectivity index (χ1v) is 11.4. The Kier molecular flexibility index (Phi) is 5.12. The zero-order valence-corrected chi connectivity index (χ0v) is 19.5. The molecule has 1 aliphatic rings. The van der Waals surface area contributed by atoms with Crippen molar-refractivity contribution in [3.05, 3.63) is 41.0 Å². The normalized spacial score (nSPS) is 17.7. The van der Waals surface area contributed by atoms with E-state index in [1.54, 1.807) is 11.3 Å². The van der Waals surface area contributed by atoms with E-state index in [0.717, 1.165) is 41.4 Å². The van der Waals surface area contributed by atoms with Crippen LogP contribution in [0, 0.1) is 0 Å². The van der Waals surface area contributed by atoms with Gasteiger partial charge in [-0.2, -0.15) is 5.10 Å². The maximum absolute atomic E-state index is 13.3. The van der Waals surface area contributed by atoms with E-state index in [0.29, 0.717) is 0 Å². The van der Waals surface area contributed by atoms with Crippen molar-refractivity contribution in [2.24, 2.45) is 0 Å². The van der Waals surface area contributed by atoms with Crippen LogP contribution in [0.5, 0.6) is 0 Å². The zero-order chi connectivity index (χ0) is 21.7. The van der Waals surface area contributed by atoms with Gasteiger partial charge in [0.15, 0.2) is 0 Å². The van der Waals surface area contributed by atoms with Gasteiger partial charge < -0.3 is 4.90 Å². The van der Waals surface area contributed by atoms with Crippen molar-refractivity contribution in [3.8, 4) is 0 Å². The smallest absolute Gasteiger partial charge is 0.315 e. The Balaban J connectivity index is 1.61. The summed E-state index contributed by atoms with van der Waals surface area (Å²) in [6, 6.07) is 10.1. The molecule has 2 aromatic heterocycles. The number of amides is 2. The van der Waals surface area contributed by atoms with Crippen LogP contribution < -0.4 is 5.32 Å². The molecule has 4 rings (SSSR count). The lowest BCUT2D eigenvalue weighted by Crippen LogP contribution is -2.36. The number of likely N-dealkylation sites (tertiary alicyclic amines) is 1. The first-order valence-electron chi connectivity index (χ1n) is 10.6. The van der Waals surface area contributed by atoms with E-state index in [-0.39, 0.29) is 23.0 Å². The molecular weight excluding hydrogens is 394 g/mol. The van der Waals surface area contributed by atoms with Crippen LogP contribution in [0.15, 0.2) is 30.3 Å². The standard InChI is InChI=1S/C23H31N5OS/c1-22(2,3)18-14-19(28(26-18)23(4,5)6)25-21(29)27-13-9-11-16(27)20-24-15-10-7-8-12-17(15)30-20/h7-8,10,12,14,16H,9,11,13H2,1-6H3,(H,25,29)/t16-/m0/s1. The summed E-state index contributed by atoms with van der Waals surface area (Å²) in [5, 5.41) is 8.98. The summed E-state index contributed by atoms with van der Waals surface area (Å²) in [4.78, 5) is 20.0. The average molecular weight is 426 g/mol. The second kappa shape index (κ2) is 7.38. The number of nitrogens with zero attached hydrogens (tertiary/aromatic N) is 4. The second-order valence-electron chi connectivity index (χ2n) is 10.0. The highest BCUT2D eigenvalue weighted by atomic mass is 32.1. The van der Waals surface area contributed by atoms with E-state index in [1.807, 2.05) is 33.8 Å². The molecule has 1 aromatic carbocycles. The number of fused-ring (bicyclic) bond motifs is 1. The van der Waals surface area contributed by atoms with Crippen molar-refractivity contribution >= 4 is 33.4 Å². The molecular formula is C23H31N5OS. The molecule has 3 aromatic rings. The van der Waals surface area contributed by atoms with Crippen LogP contribution in [0.25, 0.3) is 10.2 Å². The largest absolute Gasteiger partial charge is 0.323 e. The Labute approximate surface area is 182 Å². The van der Waals surface area contributed by atoms with Gasteiger partial charge >= 0.3 is 6.03 Å². The predicted octanol–water partition coefficient (Wildman–Crippen LogP) is 5.91. The topological polar surface area (TPSA) is 63.1 Å². The van der Waals surface area contributed by atoms with Gasteiger partial charge in [-0.3, -0.25) is 5.32 Å². The second-order valence-corrected chi connectivity index (χ2v) is 11.1. The lowest BCUT2D eigenvalue weighted by Gasteiger charge is -2.26. The maximum Gasteiger partial charge on any atom is 0.323 e. The number of urea groups is 1. The summed E-state index contributed by atoms with van der Waals surface area (Å²) < 4.78 is 3.09. The van der Waals surface area contributed by atoms with Crippen LogP contribution >= 0.6 is 11.3 Å². The maximum atomic E-state index is 13.3. The van der Waals surface area contributed by atoms with Crippen molar-refractivity contribution < 1.29 is 4.79 Å². The molecule has 7 heteroatoms. The number of rotatable bonds is 2. The molecule has 6 nitrogen and oxygen atoms in total. The minimum Gasteiger partial charge on any atom is -0.315 e. The van der Waals surface area contributed by atoms with Crippen LogP contribution in [0.3, 0.4) is 0 Å². The van der Waals surface area contributed by atoms with Gasteiger partial charge in [-0.1, -0.05) is 32.9 Å². The van der Waals surface area contributed by atoms with Gasteiger partial charge in [0.2, 0.25) is 0 Å². The van der Waals surface area contributed by atoms with Gasteiger partial charge in [-0.15, -0.1) is 11.3 Å². The molecule has 3 heterocycles. The summed E-state index contributed by atoms with van der Waals surface area (Å²) in [6.07, 6.45) is 1.93. The molecule has 1 atom stereocenters. The fraction of sp³-hybridized carbons (Fsp3) is 0.522. The van der Waals surface area contributed by atoms with E-state index < -0.39 is 0 Å². The van der Waals surface area contributed by atoms with Crippen molar-refractivity contribution in [3.63, 3.8) is 0 Å². The van der Waals surface area contributed by atoms with E-state index in [1.165, 1.54) is 4.70 Å². The molecule has 1 N–H and O–H groups in total. The lowest BCUT2D eigenvalue weighted by molar-refractivity contribution is 0.206. The van der Waals surface area contributed by atoms with Gasteiger partial charge in [0, 0.05) is 18.0 Å². The SMILES string of the molecule is CC(C)(C)c1cc(NC(=O)N2CCC[C@H]2c2nc3ccccc3s2)n(C(C)(C)C)n1. The Hall–Kier alpha value is -2.41. The third-order valence-electron chi connectivity index (χ3n) is 5.46. The number of nitrogens with one attached hydrogen (secondary N) is 1. The Morgan fingerprint density at radius 2 is 1.90 bits per heavy atom. The lowest BCUT2D eigenvalue weighted by atomic mass is 9.92. The van der Waals surface area contributed by atoms with E-state index in [2.05, 4.69) is 52.9 Å². The third-order valence-corrected chi connectivity index (χ3v) is 6.59. The number of carbonyl (C=O) groups is 1. The van der Waals surface area contributed by atoms with Crippen LogP contribution in [-0.2, 0) is 11.0 Å². The molecule has 160 valence electrons.